The van der Waals surface area contributed by atoms with Gasteiger partial charge in [-0.05, 0) is 50.3 Å². The molecular weight excluding hydrogens is 410 g/mol. The molecular formula is C20H21N3O6S. The highest BCUT2D eigenvalue weighted by molar-refractivity contribution is 7.17. The van der Waals surface area contributed by atoms with Crippen molar-refractivity contribution >= 4 is 39.8 Å². The predicted octanol–water partition coefficient (Wildman–Crippen LogP) is 2.30. The van der Waals surface area contributed by atoms with Crippen LogP contribution in [0.2, 0.25) is 0 Å². The first-order chi connectivity index (χ1) is 14.3. The maximum Gasteiger partial charge on any atom is 0.341 e. The van der Waals surface area contributed by atoms with E-state index >= 15 is 0 Å². The van der Waals surface area contributed by atoms with Crippen molar-refractivity contribution in [1.82, 2.24) is 5.43 Å². The van der Waals surface area contributed by atoms with Gasteiger partial charge in [-0.3, -0.25) is 9.59 Å². The van der Waals surface area contributed by atoms with E-state index in [2.05, 4.69) is 15.8 Å². The number of thiophene rings is 1. The van der Waals surface area contributed by atoms with Crippen LogP contribution in [0, 0.1) is 0 Å². The fourth-order valence-electron chi connectivity index (χ4n) is 3.20. The van der Waals surface area contributed by atoms with Crippen molar-refractivity contribution in [2.75, 3.05) is 12.4 Å². The normalized spacial score (nSPS) is 13.3. The van der Waals surface area contributed by atoms with Crippen LogP contribution in [0.3, 0.4) is 0 Å². The first-order valence-corrected chi connectivity index (χ1v) is 10.0. The molecule has 4 N–H and O–H groups in total. The minimum atomic E-state index is -1.03. The van der Waals surface area contributed by atoms with Gasteiger partial charge in [-0.25, -0.2) is 10.2 Å². The zero-order valence-electron chi connectivity index (χ0n) is 16.4. The molecule has 1 aromatic heterocycles. The van der Waals surface area contributed by atoms with E-state index < -0.39 is 17.8 Å². The zero-order valence-corrected chi connectivity index (χ0v) is 17.3. The second kappa shape index (κ2) is 8.95. The van der Waals surface area contributed by atoms with Crippen LogP contribution in [-0.2, 0) is 27.2 Å². The Morgan fingerprint density at radius 3 is 2.57 bits per heavy atom. The molecule has 10 heteroatoms. The number of carbonyl (C=O) groups excluding carboxylic acids is 3. The number of aryl methyl sites for hydroxylation is 1. The second-order valence-corrected chi connectivity index (χ2v) is 7.81. The van der Waals surface area contributed by atoms with Gasteiger partial charge in [0.1, 0.15) is 16.5 Å². The van der Waals surface area contributed by atoms with Crippen LogP contribution < -0.4 is 10.7 Å². The van der Waals surface area contributed by atoms with Gasteiger partial charge in [-0.15, -0.1) is 11.3 Å². The monoisotopic (exact) mass is 431 g/mol. The number of aromatic hydroxyl groups is 2. The summed E-state index contributed by atoms with van der Waals surface area (Å²) < 4.78 is 4.84. The van der Waals surface area contributed by atoms with Gasteiger partial charge in [0.2, 0.25) is 0 Å². The number of phenolic OH excluding ortho intramolecular Hbond substituents is 2. The number of ether oxygens (including phenoxy) is 1. The molecule has 0 saturated heterocycles. The van der Waals surface area contributed by atoms with Crippen LogP contribution >= 0.6 is 11.3 Å². The highest BCUT2D eigenvalue weighted by Gasteiger charge is 2.28. The van der Waals surface area contributed by atoms with Crippen molar-refractivity contribution in [3.63, 3.8) is 0 Å². The Morgan fingerprint density at radius 1 is 1.13 bits per heavy atom. The Kier molecular flexibility index (Phi) is 6.36. The molecule has 3 rings (SSSR count). The van der Waals surface area contributed by atoms with Gasteiger partial charge in [-0.2, -0.15) is 5.10 Å². The minimum Gasteiger partial charge on any atom is -0.508 e. The lowest BCUT2D eigenvalue weighted by atomic mass is 9.95. The third-order valence-electron chi connectivity index (χ3n) is 4.69. The van der Waals surface area contributed by atoms with Crippen molar-refractivity contribution in [1.29, 1.82) is 0 Å². The summed E-state index contributed by atoms with van der Waals surface area (Å²) >= 11 is 1.27. The van der Waals surface area contributed by atoms with Crippen molar-refractivity contribution in [2.45, 2.75) is 32.6 Å². The fourth-order valence-corrected chi connectivity index (χ4v) is 4.48. The molecule has 0 fully saturated rings. The standard InChI is InChI=1S/C20H21N3O6S/c1-10(12-8-7-11(24)9-14(12)25)22-23-18(27)17(26)21-19-16(20(28)29-2)13-5-3-4-6-15(13)30-19/h7-9,24-25H,3-6H2,1-2H3,(H,21,26)(H,23,27)/b22-10+. The van der Waals surface area contributed by atoms with E-state index in [4.69, 9.17) is 4.74 Å². The molecule has 1 aromatic carbocycles. The number of fused-ring (bicyclic) bond motifs is 1. The van der Waals surface area contributed by atoms with Gasteiger partial charge >= 0.3 is 17.8 Å². The molecule has 0 unspecified atom stereocenters. The highest BCUT2D eigenvalue weighted by atomic mass is 32.1. The number of hydrogen-bond donors (Lipinski definition) is 4. The lowest BCUT2D eigenvalue weighted by molar-refractivity contribution is -0.136. The summed E-state index contributed by atoms with van der Waals surface area (Å²) in [6.45, 7) is 1.52. The number of rotatable bonds is 4. The summed E-state index contributed by atoms with van der Waals surface area (Å²) in [6, 6.07) is 3.92. The molecule has 0 spiro atoms. The first-order valence-electron chi connectivity index (χ1n) is 9.22. The molecule has 9 nitrogen and oxygen atoms in total. The molecule has 2 amide bonds. The number of anilines is 1. The van der Waals surface area contributed by atoms with Crippen LogP contribution in [0.25, 0.3) is 0 Å². The number of methoxy groups -OCH3 is 1. The number of phenols is 2. The Bertz CT molecular complexity index is 1040. The molecule has 30 heavy (non-hydrogen) atoms. The predicted molar refractivity (Wildman–Crippen MR) is 111 cm³/mol. The summed E-state index contributed by atoms with van der Waals surface area (Å²) in [5.74, 6) is -2.91. The molecule has 0 aliphatic heterocycles. The number of hydrogen-bond acceptors (Lipinski definition) is 8. The zero-order chi connectivity index (χ0) is 21.8. The van der Waals surface area contributed by atoms with Crippen LogP contribution in [0.5, 0.6) is 11.5 Å². The molecule has 2 aromatic rings. The van der Waals surface area contributed by atoms with E-state index in [0.717, 1.165) is 42.2 Å². The van der Waals surface area contributed by atoms with Gasteiger partial charge < -0.3 is 20.3 Å². The van der Waals surface area contributed by atoms with Crippen LogP contribution in [0.4, 0.5) is 5.00 Å². The van der Waals surface area contributed by atoms with Gasteiger partial charge in [0, 0.05) is 16.5 Å². The Labute approximate surface area is 176 Å². The maximum atomic E-state index is 12.3. The SMILES string of the molecule is COC(=O)c1c(NC(=O)C(=O)N/N=C(\C)c2ccc(O)cc2O)sc2c1CCCC2. The Balaban J connectivity index is 1.74. The Hall–Kier alpha value is -3.40. The molecule has 1 aliphatic carbocycles. The number of nitrogens with one attached hydrogen (secondary N) is 2. The molecule has 0 radical (unpaired) electrons. The van der Waals surface area contributed by atoms with Gasteiger partial charge in [0.15, 0.2) is 0 Å². The fraction of sp³-hybridized carbons (Fsp3) is 0.300. The van der Waals surface area contributed by atoms with Crippen molar-refractivity contribution in [3.8, 4) is 11.5 Å². The lowest BCUT2D eigenvalue weighted by Gasteiger charge is -2.11. The molecule has 0 atom stereocenters. The van der Waals surface area contributed by atoms with Gasteiger partial charge in [0.25, 0.3) is 0 Å². The van der Waals surface area contributed by atoms with E-state index in [1.807, 2.05) is 0 Å². The topological polar surface area (TPSA) is 137 Å². The minimum absolute atomic E-state index is 0.118. The average Bonchev–Trinajstić information content (AvgIpc) is 3.08. The van der Waals surface area contributed by atoms with Gasteiger partial charge in [0.05, 0.1) is 18.4 Å². The van der Waals surface area contributed by atoms with E-state index in [1.165, 1.54) is 37.5 Å². The largest absolute Gasteiger partial charge is 0.508 e. The van der Waals surface area contributed by atoms with Crippen LogP contribution in [0.15, 0.2) is 23.3 Å². The summed E-state index contributed by atoms with van der Waals surface area (Å²) in [5, 5.41) is 25.8. The van der Waals surface area contributed by atoms with E-state index in [0.29, 0.717) is 5.56 Å². The molecule has 158 valence electrons. The molecule has 1 heterocycles. The second-order valence-electron chi connectivity index (χ2n) is 6.70. The third kappa shape index (κ3) is 4.43. The van der Waals surface area contributed by atoms with Crippen molar-refractivity contribution < 1.29 is 29.3 Å². The molecule has 1 aliphatic rings. The summed E-state index contributed by atoms with van der Waals surface area (Å²) in [4.78, 5) is 37.7. The number of benzene rings is 1. The van der Waals surface area contributed by atoms with E-state index in [1.54, 1.807) is 0 Å². The third-order valence-corrected chi connectivity index (χ3v) is 5.90. The van der Waals surface area contributed by atoms with Crippen molar-refractivity contribution in [3.05, 3.63) is 39.8 Å². The maximum absolute atomic E-state index is 12.3. The Morgan fingerprint density at radius 2 is 1.87 bits per heavy atom. The summed E-state index contributed by atoms with van der Waals surface area (Å²) in [5.41, 5.74) is 3.80. The lowest BCUT2D eigenvalue weighted by Crippen LogP contribution is -2.33. The smallest absolute Gasteiger partial charge is 0.341 e. The molecule has 0 bridgehead atoms. The highest BCUT2D eigenvalue weighted by Crippen LogP contribution is 2.38. The average molecular weight is 431 g/mol. The molecule has 0 saturated carbocycles. The van der Waals surface area contributed by atoms with Crippen molar-refractivity contribution in [2.24, 2.45) is 5.10 Å². The van der Waals surface area contributed by atoms with E-state index in [9.17, 15) is 24.6 Å². The summed E-state index contributed by atoms with van der Waals surface area (Å²) in [7, 11) is 1.27. The number of carbonyl (C=O) groups is 3. The van der Waals surface area contributed by atoms with Crippen LogP contribution in [-0.4, -0.2) is 40.8 Å². The number of esters is 1. The summed E-state index contributed by atoms with van der Waals surface area (Å²) in [6.07, 6.45) is 3.48. The van der Waals surface area contributed by atoms with E-state index in [-0.39, 0.29) is 27.8 Å². The quantitative estimate of drug-likeness (QED) is 0.254. The number of hydrazone groups is 1. The first kappa shape index (κ1) is 21.3. The number of amides is 2. The van der Waals surface area contributed by atoms with Gasteiger partial charge in [-0.1, -0.05) is 0 Å². The number of nitrogens with zero attached hydrogens (tertiary/aromatic N) is 1. The van der Waals surface area contributed by atoms with Crippen LogP contribution in [0.1, 0.15) is 46.1 Å².